The molecule has 1 N–H and O–H groups in total. The van der Waals surface area contributed by atoms with Crippen LogP contribution < -0.4 is 4.72 Å². The zero-order valence-corrected chi connectivity index (χ0v) is 16.4. The van der Waals surface area contributed by atoms with Crippen molar-refractivity contribution in [1.82, 2.24) is 9.62 Å². The lowest BCUT2D eigenvalue weighted by molar-refractivity contribution is -0.130. The number of nitrogens with one attached hydrogen (secondary N) is 1. The third-order valence-electron chi connectivity index (χ3n) is 4.05. The fourth-order valence-electron chi connectivity index (χ4n) is 2.60. The Morgan fingerprint density at radius 3 is 2.44 bits per heavy atom. The number of nitrogens with zero attached hydrogens (tertiary/aromatic N) is 1. The Labute approximate surface area is 153 Å². The first-order valence-corrected chi connectivity index (χ1v) is 10.6. The predicted octanol–water partition coefficient (Wildman–Crippen LogP) is 3.20. The van der Waals surface area contributed by atoms with Gasteiger partial charge in [-0.3, -0.25) is 4.79 Å². The summed E-state index contributed by atoms with van der Waals surface area (Å²) in [4.78, 5) is 14.7. The van der Waals surface area contributed by atoms with E-state index in [1.807, 2.05) is 50.2 Å². The molecule has 136 valence electrons. The molecule has 1 aromatic heterocycles. The van der Waals surface area contributed by atoms with Crippen molar-refractivity contribution in [2.75, 3.05) is 13.1 Å². The zero-order chi connectivity index (χ0) is 18.4. The largest absolute Gasteiger partial charge is 0.335 e. The van der Waals surface area contributed by atoms with Crippen molar-refractivity contribution < 1.29 is 13.2 Å². The molecule has 1 unspecified atom stereocenters. The van der Waals surface area contributed by atoms with Crippen molar-refractivity contribution in [3.05, 3.63) is 52.9 Å². The highest BCUT2D eigenvalue weighted by molar-refractivity contribution is 7.91. The Morgan fingerprint density at radius 2 is 1.88 bits per heavy atom. The van der Waals surface area contributed by atoms with Crippen LogP contribution in [0.15, 0.2) is 46.7 Å². The van der Waals surface area contributed by atoms with Crippen molar-refractivity contribution in [3.8, 4) is 0 Å². The summed E-state index contributed by atoms with van der Waals surface area (Å²) >= 11 is 1.28. The summed E-state index contributed by atoms with van der Waals surface area (Å²) in [6.45, 7) is 5.93. The van der Waals surface area contributed by atoms with Gasteiger partial charge in [-0.1, -0.05) is 37.3 Å². The van der Waals surface area contributed by atoms with E-state index in [4.69, 9.17) is 0 Å². The quantitative estimate of drug-likeness (QED) is 0.765. The SMILES string of the molecule is CCc1ccc(S(=O)(=O)NCCN(C(C)=O)C(C)c2ccccc2)s1. The predicted molar refractivity (Wildman–Crippen MR) is 101 cm³/mol. The number of hydrogen-bond donors (Lipinski definition) is 1. The first kappa shape index (κ1) is 19.6. The molecule has 1 amide bonds. The molecule has 0 radical (unpaired) electrons. The molecule has 2 aromatic rings. The van der Waals surface area contributed by atoms with E-state index in [0.29, 0.717) is 10.8 Å². The minimum absolute atomic E-state index is 0.0834. The van der Waals surface area contributed by atoms with Crippen LogP contribution in [0.4, 0.5) is 0 Å². The Morgan fingerprint density at radius 1 is 1.20 bits per heavy atom. The first-order valence-electron chi connectivity index (χ1n) is 8.25. The fourth-order valence-corrected chi connectivity index (χ4v) is 4.96. The summed E-state index contributed by atoms with van der Waals surface area (Å²) in [7, 11) is -3.53. The van der Waals surface area contributed by atoms with E-state index in [2.05, 4.69) is 4.72 Å². The Balaban J connectivity index is 2.00. The third kappa shape index (κ3) is 5.14. The van der Waals surface area contributed by atoms with Gasteiger partial charge in [-0.15, -0.1) is 11.3 Å². The lowest BCUT2D eigenvalue weighted by atomic mass is 10.1. The van der Waals surface area contributed by atoms with E-state index in [1.54, 1.807) is 11.0 Å². The third-order valence-corrected chi connectivity index (χ3v) is 7.23. The second-order valence-electron chi connectivity index (χ2n) is 5.77. The monoisotopic (exact) mass is 380 g/mol. The number of thiophene rings is 1. The van der Waals surface area contributed by atoms with Crippen LogP contribution in [0.25, 0.3) is 0 Å². The summed E-state index contributed by atoms with van der Waals surface area (Å²) in [6, 6.07) is 13.0. The number of amides is 1. The zero-order valence-electron chi connectivity index (χ0n) is 14.7. The van der Waals surface area contributed by atoms with Gasteiger partial charge in [-0.25, -0.2) is 13.1 Å². The van der Waals surface area contributed by atoms with Gasteiger partial charge in [0.25, 0.3) is 0 Å². The average Bonchev–Trinajstić information content (AvgIpc) is 3.09. The highest BCUT2D eigenvalue weighted by Gasteiger charge is 2.20. The lowest BCUT2D eigenvalue weighted by Crippen LogP contribution is -2.38. The molecule has 0 saturated carbocycles. The number of sulfonamides is 1. The number of benzene rings is 1. The molecule has 0 saturated heterocycles. The summed E-state index contributed by atoms with van der Waals surface area (Å²) in [5.41, 5.74) is 1.02. The maximum Gasteiger partial charge on any atom is 0.250 e. The van der Waals surface area contributed by atoms with Crippen LogP contribution in [-0.2, 0) is 21.2 Å². The van der Waals surface area contributed by atoms with Crippen LogP contribution in [-0.4, -0.2) is 32.3 Å². The van der Waals surface area contributed by atoms with Gasteiger partial charge in [0.15, 0.2) is 0 Å². The molecule has 1 atom stereocenters. The molecule has 0 spiro atoms. The van der Waals surface area contributed by atoms with Crippen LogP contribution in [0.1, 0.15) is 37.3 Å². The fraction of sp³-hybridized carbons (Fsp3) is 0.389. The molecular formula is C18H24N2O3S2. The van der Waals surface area contributed by atoms with Crippen molar-refractivity contribution in [3.63, 3.8) is 0 Å². The number of aryl methyl sites for hydroxylation is 1. The van der Waals surface area contributed by atoms with E-state index in [-0.39, 0.29) is 18.5 Å². The number of hydrogen-bond acceptors (Lipinski definition) is 4. The smallest absolute Gasteiger partial charge is 0.250 e. The highest BCUT2D eigenvalue weighted by atomic mass is 32.2. The van der Waals surface area contributed by atoms with Gasteiger partial charge in [0.2, 0.25) is 15.9 Å². The molecule has 5 nitrogen and oxygen atoms in total. The molecule has 7 heteroatoms. The average molecular weight is 381 g/mol. The van der Waals surface area contributed by atoms with Gasteiger partial charge in [0.05, 0.1) is 6.04 Å². The molecule has 1 heterocycles. The van der Waals surface area contributed by atoms with Gasteiger partial charge in [0, 0.05) is 24.9 Å². The molecule has 0 bridgehead atoms. The standard InChI is InChI=1S/C18H24N2O3S2/c1-4-17-10-11-18(24-17)25(22,23)19-12-13-20(15(3)21)14(2)16-8-6-5-7-9-16/h5-11,14,19H,4,12-13H2,1-3H3. The van der Waals surface area contributed by atoms with Gasteiger partial charge in [-0.05, 0) is 31.0 Å². The molecule has 1 aromatic carbocycles. The summed E-state index contributed by atoms with van der Waals surface area (Å²) < 4.78 is 27.6. The molecule has 0 aliphatic heterocycles. The van der Waals surface area contributed by atoms with E-state index < -0.39 is 10.0 Å². The minimum atomic E-state index is -3.53. The first-order chi connectivity index (χ1) is 11.8. The number of rotatable bonds is 8. The number of carbonyl (C=O) groups is 1. The molecule has 0 aliphatic rings. The summed E-state index contributed by atoms with van der Waals surface area (Å²) in [5.74, 6) is -0.0834. The van der Waals surface area contributed by atoms with E-state index in [1.165, 1.54) is 18.3 Å². The molecule has 2 rings (SSSR count). The van der Waals surface area contributed by atoms with Crippen LogP contribution in [0.2, 0.25) is 0 Å². The normalized spacial score (nSPS) is 12.8. The Hall–Kier alpha value is -1.70. The highest BCUT2D eigenvalue weighted by Crippen LogP contribution is 2.22. The second kappa shape index (κ2) is 8.60. The minimum Gasteiger partial charge on any atom is -0.335 e. The van der Waals surface area contributed by atoms with E-state index in [9.17, 15) is 13.2 Å². The Kier molecular flexibility index (Phi) is 6.75. The van der Waals surface area contributed by atoms with Crippen LogP contribution in [0.3, 0.4) is 0 Å². The van der Waals surface area contributed by atoms with Crippen molar-refractivity contribution >= 4 is 27.3 Å². The maximum atomic E-state index is 12.3. The van der Waals surface area contributed by atoms with Gasteiger partial charge < -0.3 is 4.90 Å². The van der Waals surface area contributed by atoms with Crippen molar-refractivity contribution in [2.24, 2.45) is 0 Å². The van der Waals surface area contributed by atoms with Gasteiger partial charge in [-0.2, -0.15) is 0 Å². The van der Waals surface area contributed by atoms with Crippen LogP contribution in [0.5, 0.6) is 0 Å². The molecule has 0 fully saturated rings. The summed E-state index contributed by atoms with van der Waals surface area (Å²) in [5, 5.41) is 0. The topological polar surface area (TPSA) is 66.5 Å². The van der Waals surface area contributed by atoms with E-state index >= 15 is 0 Å². The van der Waals surface area contributed by atoms with Crippen molar-refractivity contribution in [2.45, 2.75) is 37.4 Å². The molecule has 0 aliphatic carbocycles. The lowest BCUT2D eigenvalue weighted by Gasteiger charge is -2.28. The number of carbonyl (C=O) groups excluding carboxylic acids is 1. The maximum absolute atomic E-state index is 12.3. The molecular weight excluding hydrogens is 356 g/mol. The van der Waals surface area contributed by atoms with E-state index in [0.717, 1.165) is 16.9 Å². The van der Waals surface area contributed by atoms with Gasteiger partial charge >= 0.3 is 0 Å². The van der Waals surface area contributed by atoms with Crippen LogP contribution in [0, 0.1) is 0 Å². The second-order valence-corrected chi connectivity index (χ2v) is 8.93. The van der Waals surface area contributed by atoms with Crippen LogP contribution >= 0.6 is 11.3 Å². The molecule has 25 heavy (non-hydrogen) atoms. The Bertz CT molecular complexity index is 801. The van der Waals surface area contributed by atoms with Crippen molar-refractivity contribution in [1.29, 1.82) is 0 Å². The summed E-state index contributed by atoms with van der Waals surface area (Å²) in [6.07, 6.45) is 0.812. The van der Waals surface area contributed by atoms with Gasteiger partial charge in [0.1, 0.15) is 4.21 Å².